The summed E-state index contributed by atoms with van der Waals surface area (Å²) in [5.41, 5.74) is 5.70. The van der Waals surface area contributed by atoms with Gasteiger partial charge in [-0.25, -0.2) is 12.1 Å². The Hall–Kier alpha value is -1.34. The van der Waals surface area contributed by atoms with Gasteiger partial charge in [0, 0.05) is 5.71 Å². The van der Waals surface area contributed by atoms with Crippen LogP contribution in [0.4, 0.5) is 5.69 Å². The molecule has 1 heterocycles. The fraction of sp³-hybridized carbons (Fsp3) is 0.0476. The molecule has 5 rings (SSSR count). The number of halogens is 2. The van der Waals surface area contributed by atoms with Crippen LogP contribution >= 0.6 is 0 Å². The van der Waals surface area contributed by atoms with E-state index in [1.165, 1.54) is 16.0 Å². The maximum atomic E-state index is 4.66. The fourth-order valence-electron chi connectivity index (χ4n) is 2.88. The summed E-state index contributed by atoms with van der Waals surface area (Å²) >= 11 is 0. The molecular formula is C21H15Cl2NZr. The van der Waals surface area contributed by atoms with Crippen LogP contribution in [0.25, 0.3) is 11.6 Å². The van der Waals surface area contributed by atoms with Gasteiger partial charge in [0.1, 0.15) is 0 Å². The van der Waals surface area contributed by atoms with Crippen molar-refractivity contribution >= 4 is 23.0 Å². The zero-order valence-electron chi connectivity index (χ0n) is 13.6. The van der Waals surface area contributed by atoms with Crippen molar-refractivity contribution in [1.82, 2.24) is 0 Å². The van der Waals surface area contributed by atoms with E-state index in [1.54, 1.807) is 0 Å². The molecule has 0 unspecified atom stereocenters. The monoisotopic (exact) mass is 441 g/mol. The number of benzene rings is 2. The van der Waals surface area contributed by atoms with Crippen LogP contribution in [-0.4, -0.2) is 5.71 Å². The molecule has 1 nitrogen and oxygen atoms in total. The Morgan fingerprint density at radius 1 is 0.920 bits per heavy atom. The van der Waals surface area contributed by atoms with Crippen LogP contribution in [0, 0.1) is 13.0 Å². The van der Waals surface area contributed by atoms with Gasteiger partial charge in [0.15, 0.2) is 0 Å². The summed E-state index contributed by atoms with van der Waals surface area (Å²) in [6.45, 7) is 2.07. The van der Waals surface area contributed by atoms with E-state index in [0.29, 0.717) is 0 Å². The number of nitrogens with zero attached hydrogens (tertiary/aromatic N) is 1. The van der Waals surface area contributed by atoms with Crippen LogP contribution in [0.2, 0.25) is 0 Å². The fourth-order valence-corrected chi connectivity index (χ4v) is 2.88. The molecule has 0 bridgehead atoms. The molecule has 0 saturated heterocycles. The van der Waals surface area contributed by atoms with Crippen molar-refractivity contribution in [3.8, 4) is 0 Å². The first kappa shape index (κ1) is 21.7. The third kappa shape index (κ3) is 4.26. The molecule has 0 fully saturated rings. The maximum Gasteiger partial charge on any atom is 4.00 e. The van der Waals surface area contributed by atoms with Crippen molar-refractivity contribution in [1.29, 1.82) is 0 Å². The Morgan fingerprint density at radius 2 is 1.64 bits per heavy atom. The molecule has 3 aromatic rings. The smallest absolute Gasteiger partial charge is 1.00 e. The Morgan fingerprint density at radius 3 is 2.32 bits per heavy atom. The Labute approximate surface area is 179 Å². The molecule has 2 aliphatic rings. The summed E-state index contributed by atoms with van der Waals surface area (Å²) < 4.78 is 0. The molecule has 0 spiro atoms. The largest absolute Gasteiger partial charge is 4.00 e. The second kappa shape index (κ2) is 9.39. The molecule has 0 aromatic heterocycles. The molecule has 122 valence electrons. The van der Waals surface area contributed by atoms with Gasteiger partial charge in [-0.05, 0) is 17.0 Å². The van der Waals surface area contributed by atoms with Crippen molar-refractivity contribution < 1.29 is 51.0 Å². The topological polar surface area (TPSA) is 12.4 Å². The summed E-state index contributed by atoms with van der Waals surface area (Å²) in [5, 5.41) is 2.55. The molecule has 0 N–H and O–H groups in total. The summed E-state index contributed by atoms with van der Waals surface area (Å²) in [4.78, 5) is 4.66. The van der Waals surface area contributed by atoms with Crippen LogP contribution in [-0.2, 0) is 26.2 Å². The van der Waals surface area contributed by atoms with Gasteiger partial charge in [-0.2, -0.15) is 18.2 Å². The first-order valence-corrected chi connectivity index (χ1v) is 7.43. The predicted molar refractivity (Wildman–Crippen MR) is 91.8 cm³/mol. The van der Waals surface area contributed by atoms with Gasteiger partial charge in [-0.15, -0.1) is 29.3 Å². The Balaban J connectivity index is 0.000000344. The van der Waals surface area contributed by atoms with Crippen LogP contribution in [0.5, 0.6) is 0 Å². The van der Waals surface area contributed by atoms with Crippen LogP contribution < -0.4 is 35.3 Å². The Kier molecular flexibility index (Phi) is 8.15. The number of aliphatic imine (C=N–C) groups is 1. The molecule has 25 heavy (non-hydrogen) atoms. The number of hydrogen-bond donors (Lipinski definition) is 0. The average Bonchev–Trinajstić information content (AvgIpc) is 3.25. The van der Waals surface area contributed by atoms with Gasteiger partial charge in [0.05, 0.1) is 0 Å². The van der Waals surface area contributed by atoms with E-state index in [2.05, 4.69) is 60.5 Å². The van der Waals surface area contributed by atoms with E-state index in [1.807, 2.05) is 30.3 Å². The van der Waals surface area contributed by atoms with Gasteiger partial charge in [0.2, 0.25) is 0 Å². The second-order valence-corrected chi connectivity index (χ2v) is 5.47. The minimum Gasteiger partial charge on any atom is -1.00 e. The van der Waals surface area contributed by atoms with Crippen LogP contribution in [0.1, 0.15) is 11.1 Å². The number of hydrogen-bond acceptors (Lipinski definition) is 1. The third-order valence-corrected chi connectivity index (χ3v) is 3.89. The van der Waals surface area contributed by atoms with Crippen molar-refractivity contribution in [3.63, 3.8) is 0 Å². The van der Waals surface area contributed by atoms with Crippen molar-refractivity contribution in [3.05, 3.63) is 94.4 Å². The van der Waals surface area contributed by atoms with Gasteiger partial charge in [0.25, 0.3) is 0 Å². The molecule has 0 atom stereocenters. The summed E-state index contributed by atoms with van der Waals surface area (Å²) in [7, 11) is 0. The van der Waals surface area contributed by atoms with E-state index >= 15 is 0 Å². The van der Waals surface area contributed by atoms with E-state index in [9.17, 15) is 0 Å². The molecule has 1 aliphatic heterocycles. The van der Waals surface area contributed by atoms with E-state index in [-0.39, 0.29) is 51.0 Å². The number of aryl methyl sites for hydroxylation is 1. The molecule has 3 aromatic carbocycles. The average molecular weight is 443 g/mol. The van der Waals surface area contributed by atoms with E-state index in [0.717, 1.165) is 22.5 Å². The van der Waals surface area contributed by atoms with E-state index < -0.39 is 0 Å². The standard InChI is InChI=1S/C16H10N.C5H5.2ClH.Zr/c1-10-6-7-14-13(8-10)16-12-5-3-2-4-11(12)9-15(16)17-14;1-2-4-5-3-1;;;/h2-7,9H,1H3;1-5H;2*1H;/q2*-1;;;+4/p-2. The van der Waals surface area contributed by atoms with Crippen molar-refractivity contribution in [2.75, 3.05) is 0 Å². The molecular weight excluding hydrogens is 428 g/mol. The quantitative estimate of drug-likeness (QED) is 0.335. The first-order valence-electron chi connectivity index (χ1n) is 7.43. The zero-order chi connectivity index (χ0) is 14.9. The zero-order valence-corrected chi connectivity index (χ0v) is 17.6. The third-order valence-electron chi connectivity index (χ3n) is 3.89. The molecule has 0 amide bonds. The maximum absolute atomic E-state index is 4.66. The molecule has 0 saturated carbocycles. The predicted octanol–water partition coefficient (Wildman–Crippen LogP) is -2.71. The van der Waals surface area contributed by atoms with Crippen LogP contribution in [0.15, 0.2) is 71.7 Å². The van der Waals surface area contributed by atoms with Crippen molar-refractivity contribution in [2.45, 2.75) is 6.92 Å². The minimum atomic E-state index is 0. The van der Waals surface area contributed by atoms with Crippen LogP contribution in [0.3, 0.4) is 0 Å². The number of fused-ring (bicyclic) bond motifs is 4. The molecule has 0 radical (unpaired) electrons. The first-order chi connectivity index (χ1) is 10.8. The summed E-state index contributed by atoms with van der Waals surface area (Å²) in [6, 6.07) is 26.0. The second-order valence-electron chi connectivity index (χ2n) is 5.47. The van der Waals surface area contributed by atoms with Gasteiger partial charge >= 0.3 is 26.2 Å². The number of rotatable bonds is 0. The van der Waals surface area contributed by atoms with Gasteiger partial charge < -0.3 is 29.8 Å². The summed E-state index contributed by atoms with van der Waals surface area (Å²) in [6.07, 6.45) is 2.16. The van der Waals surface area contributed by atoms with E-state index in [4.69, 9.17) is 0 Å². The molecule has 4 heteroatoms. The van der Waals surface area contributed by atoms with Gasteiger partial charge in [-0.1, -0.05) is 42.0 Å². The minimum absolute atomic E-state index is 0. The summed E-state index contributed by atoms with van der Waals surface area (Å²) in [5.74, 6) is 0. The van der Waals surface area contributed by atoms with Gasteiger partial charge in [-0.3, -0.25) is 0 Å². The Bertz CT molecular complexity index is 972. The normalized spacial score (nSPS) is 11.7. The molecule has 1 aliphatic carbocycles. The van der Waals surface area contributed by atoms with Crippen molar-refractivity contribution in [2.24, 2.45) is 4.99 Å². The SMILES string of the molecule is Cc1[c-]c2c(cc1)N=C1C=c3ccccc3=C12.[Cl-].[Cl-].[Zr+4].c1cc[cH-]c1.